The predicted octanol–water partition coefficient (Wildman–Crippen LogP) is -1.75. The molecule has 66 valence electrons. The second kappa shape index (κ2) is 2.40. The molecule has 0 atom stereocenters. The molecule has 1 rings (SSSR count). The van der Waals surface area contributed by atoms with Gasteiger partial charge in [0.25, 0.3) is 5.56 Å². The molecule has 6 nitrogen and oxygen atoms in total. The second-order valence-corrected chi connectivity index (χ2v) is 2.06. The van der Waals surface area contributed by atoms with Crippen LogP contribution in [0.3, 0.4) is 0 Å². The molecule has 0 saturated heterocycles. The van der Waals surface area contributed by atoms with Gasteiger partial charge in [0.1, 0.15) is 11.5 Å². The third-order valence-corrected chi connectivity index (χ3v) is 1.33. The minimum Gasteiger partial charge on any atom is -0.391 e. The van der Waals surface area contributed by atoms with Gasteiger partial charge < -0.3 is 11.5 Å². The highest BCUT2D eigenvalue weighted by Gasteiger charge is 2.08. The van der Waals surface area contributed by atoms with Crippen LogP contribution in [0, 0.1) is 0 Å². The SMILES string of the molecule is [2H]C([2H])([2H])n1c(N)c(N)c(=O)n(C([2H])([2H])[2H])c1=O. The number of nitrogen functional groups attached to an aromatic ring is 2. The molecule has 0 saturated carbocycles. The highest BCUT2D eigenvalue weighted by Crippen LogP contribution is 2.01. The van der Waals surface area contributed by atoms with E-state index in [0.717, 1.165) is 0 Å². The minimum absolute atomic E-state index is 0.00387. The lowest BCUT2D eigenvalue weighted by Gasteiger charge is -2.07. The van der Waals surface area contributed by atoms with E-state index >= 15 is 0 Å². The van der Waals surface area contributed by atoms with Gasteiger partial charge in [-0.15, -0.1) is 0 Å². The summed E-state index contributed by atoms with van der Waals surface area (Å²) in [5, 5.41) is 0. The Morgan fingerprint density at radius 3 is 2.33 bits per heavy atom. The average Bonchev–Trinajstić information content (AvgIpc) is 2.09. The standard InChI is InChI=1S/C6H10N4O2/c1-9-4(8)3(7)5(11)10(2)6(9)12/h7-8H2,1-2H3/i1D3,2D3. The maximum absolute atomic E-state index is 11.7. The molecule has 0 aliphatic carbocycles. The summed E-state index contributed by atoms with van der Waals surface area (Å²) < 4.78 is 42.1. The van der Waals surface area contributed by atoms with Crippen molar-refractivity contribution in [2.24, 2.45) is 14.0 Å². The van der Waals surface area contributed by atoms with E-state index in [2.05, 4.69) is 0 Å². The van der Waals surface area contributed by atoms with Crippen molar-refractivity contribution in [1.29, 1.82) is 0 Å². The molecule has 1 heterocycles. The lowest BCUT2D eigenvalue weighted by atomic mass is 10.4. The Morgan fingerprint density at radius 2 is 1.83 bits per heavy atom. The highest BCUT2D eigenvalue weighted by molar-refractivity contribution is 5.56. The van der Waals surface area contributed by atoms with Gasteiger partial charge in [0, 0.05) is 22.2 Å². The summed E-state index contributed by atoms with van der Waals surface area (Å²) in [6, 6.07) is 0. The lowest BCUT2D eigenvalue weighted by molar-refractivity contribution is 0.698. The van der Waals surface area contributed by atoms with E-state index < -0.39 is 36.7 Å². The van der Waals surface area contributed by atoms with Gasteiger partial charge in [-0.3, -0.25) is 13.9 Å². The highest BCUT2D eigenvalue weighted by atomic mass is 16.2. The van der Waals surface area contributed by atoms with Gasteiger partial charge in [0.05, 0.1) is 0 Å². The van der Waals surface area contributed by atoms with E-state index in [1.54, 1.807) is 0 Å². The third kappa shape index (κ3) is 0.884. The molecule has 0 aromatic carbocycles. The molecular formula is C6H10N4O2. The van der Waals surface area contributed by atoms with Crippen LogP contribution in [-0.2, 0) is 14.0 Å². The van der Waals surface area contributed by atoms with E-state index in [0.29, 0.717) is 0 Å². The van der Waals surface area contributed by atoms with Gasteiger partial charge in [0.2, 0.25) is 0 Å². The fourth-order valence-corrected chi connectivity index (χ4v) is 0.640. The van der Waals surface area contributed by atoms with Crippen molar-refractivity contribution in [3.8, 4) is 0 Å². The van der Waals surface area contributed by atoms with Crippen LogP contribution >= 0.6 is 0 Å². The van der Waals surface area contributed by atoms with Gasteiger partial charge in [0.15, 0.2) is 0 Å². The topological polar surface area (TPSA) is 96.0 Å². The first-order valence-corrected chi connectivity index (χ1v) is 2.83. The predicted molar refractivity (Wildman–Crippen MR) is 45.7 cm³/mol. The smallest absolute Gasteiger partial charge is 0.332 e. The first-order chi connectivity index (χ1) is 7.89. The van der Waals surface area contributed by atoms with E-state index in [9.17, 15) is 9.59 Å². The maximum atomic E-state index is 11.7. The normalized spacial score (nSPS) is 19.7. The van der Waals surface area contributed by atoms with Crippen LogP contribution in [0.4, 0.5) is 11.5 Å². The molecule has 1 aromatic rings. The second-order valence-electron chi connectivity index (χ2n) is 2.06. The van der Waals surface area contributed by atoms with Crippen LogP contribution in [0.1, 0.15) is 8.22 Å². The molecule has 6 heteroatoms. The zero-order valence-electron chi connectivity index (χ0n) is 11.9. The van der Waals surface area contributed by atoms with Crippen LogP contribution in [0.5, 0.6) is 0 Å². The van der Waals surface area contributed by atoms with Crippen molar-refractivity contribution in [2.75, 3.05) is 11.5 Å². The first-order valence-electron chi connectivity index (χ1n) is 5.83. The Hall–Kier alpha value is -1.72. The van der Waals surface area contributed by atoms with Gasteiger partial charge in [-0.05, 0) is 0 Å². The van der Waals surface area contributed by atoms with E-state index in [4.69, 9.17) is 19.7 Å². The van der Waals surface area contributed by atoms with Crippen molar-refractivity contribution in [3.05, 3.63) is 20.8 Å². The summed E-state index contributed by atoms with van der Waals surface area (Å²) >= 11 is 0. The molecule has 4 N–H and O–H groups in total. The molecule has 0 unspecified atom stereocenters. The zero-order valence-corrected chi connectivity index (χ0v) is 5.87. The number of nitrogens with two attached hydrogens (primary N) is 2. The zero-order chi connectivity index (χ0) is 14.5. The van der Waals surface area contributed by atoms with Gasteiger partial charge in [-0.1, -0.05) is 0 Å². The van der Waals surface area contributed by atoms with Crippen LogP contribution in [0.25, 0.3) is 0 Å². The molecule has 0 fully saturated rings. The Labute approximate surface area is 76.5 Å². The van der Waals surface area contributed by atoms with Gasteiger partial charge >= 0.3 is 5.69 Å². The van der Waals surface area contributed by atoms with Crippen molar-refractivity contribution in [3.63, 3.8) is 0 Å². The molecule has 0 aliphatic rings. The number of nitrogens with zero attached hydrogens (tertiary/aromatic N) is 2. The molecule has 0 amide bonds. The summed E-state index contributed by atoms with van der Waals surface area (Å²) in [5.41, 5.74) is 6.78. The molecule has 1 aromatic heterocycles. The lowest BCUT2D eigenvalue weighted by Crippen LogP contribution is -2.39. The summed E-state index contributed by atoms with van der Waals surface area (Å²) in [7, 11) is 0. The van der Waals surface area contributed by atoms with Gasteiger partial charge in [-0.25, -0.2) is 4.79 Å². The van der Waals surface area contributed by atoms with Crippen LogP contribution in [0.2, 0.25) is 0 Å². The first kappa shape index (κ1) is 3.34. The fourth-order valence-electron chi connectivity index (χ4n) is 0.640. The fraction of sp³-hybridized carbons (Fsp3) is 0.333. The monoisotopic (exact) mass is 176 g/mol. The minimum atomic E-state index is -3.15. The van der Waals surface area contributed by atoms with E-state index in [1.165, 1.54) is 0 Å². The third-order valence-electron chi connectivity index (χ3n) is 1.33. The van der Waals surface area contributed by atoms with Gasteiger partial charge in [-0.2, -0.15) is 0 Å². The summed E-state index contributed by atoms with van der Waals surface area (Å²) in [6.07, 6.45) is 0. The Balaban J connectivity index is 3.97. The average molecular weight is 176 g/mol. The van der Waals surface area contributed by atoms with E-state index in [1.807, 2.05) is 0 Å². The summed E-state index contributed by atoms with van der Waals surface area (Å²) in [4.78, 5) is 23.3. The number of rotatable bonds is 0. The summed E-state index contributed by atoms with van der Waals surface area (Å²) in [5.74, 6) is -0.787. The molecule has 0 spiro atoms. The maximum Gasteiger partial charge on any atom is 0.332 e. The molecular weight excluding hydrogens is 160 g/mol. The Morgan fingerprint density at radius 1 is 1.25 bits per heavy atom. The number of hydrogen-bond donors (Lipinski definition) is 2. The van der Waals surface area contributed by atoms with Crippen LogP contribution in [0.15, 0.2) is 9.59 Å². The Bertz CT molecular complexity index is 594. The van der Waals surface area contributed by atoms with Crippen LogP contribution < -0.4 is 22.7 Å². The summed E-state index contributed by atoms with van der Waals surface area (Å²) in [6.45, 7) is -6.20. The van der Waals surface area contributed by atoms with Crippen molar-refractivity contribution >= 4 is 11.5 Å². The molecule has 0 radical (unpaired) electrons. The number of hydrogen-bond acceptors (Lipinski definition) is 4. The van der Waals surface area contributed by atoms with E-state index in [-0.39, 0.29) is 9.13 Å². The van der Waals surface area contributed by atoms with Crippen molar-refractivity contribution in [1.82, 2.24) is 9.13 Å². The quantitative estimate of drug-likeness (QED) is 0.490. The molecule has 0 bridgehead atoms. The van der Waals surface area contributed by atoms with Crippen LogP contribution in [-0.4, -0.2) is 9.13 Å². The number of aromatic nitrogens is 2. The Kier molecular flexibility index (Phi) is 0.668. The molecule has 0 aliphatic heterocycles. The van der Waals surface area contributed by atoms with Crippen molar-refractivity contribution < 1.29 is 8.22 Å². The largest absolute Gasteiger partial charge is 0.391 e. The van der Waals surface area contributed by atoms with Crippen molar-refractivity contribution in [2.45, 2.75) is 0 Å². The molecule has 12 heavy (non-hydrogen) atoms. The number of anilines is 2.